The molecule has 2 fully saturated rings. The monoisotopic (exact) mass is 274 g/mol. The third kappa shape index (κ3) is 2.08. The van der Waals surface area contributed by atoms with E-state index in [0.29, 0.717) is 12.1 Å². The highest BCUT2D eigenvalue weighted by Gasteiger charge is 2.52. The van der Waals surface area contributed by atoms with Crippen LogP contribution in [0.5, 0.6) is 0 Å². The Bertz CT molecular complexity index is 557. The van der Waals surface area contributed by atoms with E-state index in [0.717, 1.165) is 12.0 Å². The van der Waals surface area contributed by atoms with Gasteiger partial charge in [0.15, 0.2) is 0 Å². The molecule has 5 heteroatoms. The van der Waals surface area contributed by atoms with Crippen molar-refractivity contribution in [2.24, 2.45) is 11.8 Å². The summed E-state index contributed by atoms with van der Waals surface area (Å²) in [6.07, 6.45) is 0.752. The molecule has 1 amide bonds. The summed E-state index contributed by atoms with van der Waals surface area (Å²) in [4.78, 5) is 23.6. The van der Waals surface area contributed by atoms with Gasteiger partial charge in [0.1, 0.15) is 0 Å². The normalized spacial score (nSPS) is 31.2. The van der Waals surface area contributed by atoms with Crippen LogP contribution in [0.3, 0.4) is 0 Å². The van der Waals surface area contributed by atoms with E-state index in [9.17, 15) is 14.7 Å². The van der Waals surface area contributed by atoms with Crippen molar-refractivity contribution < 1.29 is 19.4 Å². The number of ether oxygens (including phenoxy) is 1. The summed E-state index contributed by atoms with van der Waals surface area (Å²) in [5.74, 6) is -2.97. The van der Waals surface area contributed by atoms with Gasteiger partial charge in [-0.15, -0.1) is 0 Å². The molecule has 2 aliphatic heterocycles. The smallest absolute Gasteiger partial charge is 0.230 e. The maximum Gasteiger partial charge on any atom is 0.230 e. The lowest BCUT2D eigenvalue weighted by Gasteiger charge is -2.27. The van der Waals surface area contributed by atoms with E-state index in [4.69, 9.17) is 4.74 Å². The second kappa shape index (κ2) is 4.90. The molecule has 106 valence electrons. The van der Waals surface area contributed by atoms with Crippen LogP contribution in [-0.4, -0.2) is 24.1 Å². The number of hydrogen-bond donors (Lipinski definition) is 1. The first kappa shape index (κ1) is 13.1. The van der Waals surface area contributed by atoms with Crippen LogP contribution < -0.4 is 10.4 Å². The summed E-state index contributed by atoms with van der Waals surface area (Å²) in [7, 11) is 0. The molecule has 2 heterocycles. The van der Waals surface area contributed by atoms with Gasteiger partial charge >= 0.3 is 0 Å². The fourth-order valence-corrected chi connectivity index (χ4v) is 3.24. The van der Waals surface area contributed by atoms with Crippen molar-refractivity contribution >= 4 is 17.6 Å². The van der Waals surface area contributed by atoms with Crippen LogP contribution in [-0.2, 0) is 14.3 Å². The van der Waals surface area contributed by atoms with Crippen LogP contribution in [0.4, 0.5) is 5.69 Å². The van der Waals surface area contributed by atoms with Crippen molar-refractivity contribution in [1.82, 2.24) is 0 Å². The Morgan fingerprint density at radius 1 is 1.20 bits per heavy atom. The van der Waals surface area contributed by atoms with Gasteiger partial charge in [-0.25, -0.2) is 0 Å². The van der Waals surface area contributed by atoms with Crippen molar-refractivity contribution in [2.45, 2.75) is 32.0 Å². The summed E-state index contributed by atoms with van der Waals surface area (Å²) < 4.78 is 5.57. The van der Waals surface area contributed by atoms with Gasteiger partial charge in [0.25, 0.3) is 0 Å². The Balaban J connectivity index is 1.80. The van der Waals surface area contributed by atoms with Crippen LogP contribution in [0.1, 0.15) is 18.4 Å². The average molecular weight is 274 g/mol. The van der Waals surface area contributed by atoms with E-state index in [2.05, 4.69) is 5.32 Å². The summed E-state index contributed by atoms with van der Waals surface area (Å²) in [6.45, 7) is 1.89. The molecule has 5 nitrogen and oxygen atoms in total. The van der Waals surface area contributed by atoms with E-state index in [1.165, 1.54) is 0 Å². The first-order chi connectivity index (χ1) is 9.58. The van der Waals surface area contributed by atoms with E-state index < -0.39 is 17.8 Å². The molecule has 3 rings (SSSR count). The first-order valence-electron chi connectivity index (χ1n) is 6.80. The molecular formula is C15H16NO4-. The van der Waals surface area contributed by atoms with Crippen molar-refractivity contribution in [3.05, 3.63) is 29.8 Å². The zero-order valence-electron chi connectivity index (χ0n) is 11.2. The van der Waals surface area contributed by atoms with Gasteiger partial charge in [-0.2, -0.15) is 0 Å². The standard InChI is InChI=1S/C15H17NO4/c1-8-4-2-3-5-9(8)16-14(17)12-10-6-7-11(20-10)13(12)15(18)19/h2-5,10-13H,6-7H2,1H3,(H,16,17)(H,18,19)/p-1/t10-,11+,12-,13+/m1/s1. The minimum absolute atomic E-state index is 0.291. The number of carbonyl (C=O) groups excluding carboxylic acids is 2. The highest BCUT2D eigenvalue weighted by atomic mass is 16.5. The van der Waals surface area contributed by atoms with E-state index in [1.54, 1.807) is 6.07 Å². The van der Waals surface area contributed by atoms with Crippen molar-refractivity contribution in [1.29, 1.82) is 0 Å². The fourth-order valence-electron chi connectivity index (χ4n) is 3.24. The Morgan fingerprint density at radius 2 is 1.85 bits per heavy atom. The predicted octanol–water partition coefficient (Wildman–Crippen LogP) is 0.477. The highest BCUT2D eigenvalue weighted by Crippen LogP contribution is 2.43. The number of aliphatic carboxylic acids is 1. The maximum absolute atomic E-state index is 12.4. The molecule has 2 aliphatic rings. The summed E-state index contributed by atoms with van der Waals surface area (Å²) in [5.41, 5.74) is 1.65. The summed E-state index contributed by atoms with van der Waals surface area (Å²) >= 11 is 0. The Hall–Kier alpha value is -1.88. The van der Waals surface area contributed by atoms with Crippen LogP contribution in [0.25, 0.3) is 0 Å². The molecule has 2 saturated heterocycles. The number of amides is 1. The van der Waals surface area contributed by atoms with Crippen LogP contribution in [0, 0.1) is 18.8 Å². The van der Waals surface area contributed by atoms with Gasteiger partial charge in [0.05, 0.1) is 18.1 Å². The number of aryl methyl sites for hydroxylation is 1. The molecule has 4 atom stereocenters. The molecule has 2 bridgehead atoms. The lowest BCUT2D eigenvalue weighted by molar-refractivity contribution is -0.313. The number of fused-ring (bicyclic) bond motifs is 2. The maximum atomic E-state index is 12.4. The molecule has 0 radical (unpaired) electrons. The first-order valence-corrected chi connectivity index (χ1v) is 6.80. The molecule has 0 unspecified atom stereocenters. The lowest BCUT2D eigenvalue weighted by Crippen LogP contribution is -2.46. The summed E-state index contributed by atoms with van der Waals surface area (Å²) in [5, 5.41) is 14.1. The SMILES string of the molecule is Cc1ccccc1NC(=O)[C@H]1[C@@H](C(=O)[O-])[C@@H]2CC[C@H]1O2. The van der Waals surface area contributed by atoms with Crippen LogP contribution in [0.2, 0.25) is 0 Å². The summed E-state index contributed by atoms with van der Waals surface area (Å²) in [6, 6.07) is 7.41. The number of carboxylic acid groups (broad SMARTS) is 1. The number of benzene rings is 1. The van der Waals surface area contributed by atoms with Crippen LogP contribution >= 0.6 is 0 Å². The van der Waals surface area contributed by atoms with Gasteiger partial charge in [-0.3, -0.25) is 4.79 Å². The van der Waals surface area contributed by atoms with Crippen molar-refractivity contribution in [3.8, 4) is 0 Å². The molecular weight excluding hydrogens is 258 g/mol. The Kier molecular flexibility index (Phi) is 3.22. The number of nitrogens with one attached hydrogen (secondary N) is 1. The Labute approximate surface area is 116 Å². The second-order valence-corrected chi connectivity index (χ2v) is 5.47. The average Bonchev–Trinajstić information content (AvgIpc) is 3.01. The van der Waals surface area contributed by atoms with E-state index in [1.807, 2.05) is 25.1 Å². The minimum atomic E-state index is -1.19. The Morgan fingerprint density at radius 3 is 2.50 bits per heavy atom. The predicted molar refractivity (Wildman–Crippen MR) is 69.7 cm³/mol. The molecule has 0 saturated carbocycles. The van der Waals surface area contributed by atoms with E-state index >= 15 is 0 Å². The molecule has 0 aliphatic carbocycles. The quantitative estimate of drug-likeness (QED) is 0.869. The van der Waals surface area contributed by atoms with Gasteiger partial charge in [0.2, 0.25) is 5.91 Å². The number of hydrogen-bond acceptors (Lipinski definition) is 4. The molecule has 0 spiro atoms. The number of anilines is 1. The third-order valence-corrected chi connectivity index (χ3v) is 4.25. The highest BCUT2D eigenvalue weighted by molar-refractivity contribution is 5.96. The minimum Gasteiger partial charge on any atom is -0.550 e. The van der Waals surface area contributed by atoms with Crippen LogP contribution in [0.15, 0.2) is 24.3 Å². The lowest BCUT2D eigenvalue weighted by atomic mass is 9.78. The second-order valence-electron chi connectivity index (χ2n) is 5.47. The van der Waals surface area contributed by atoms with Crippen molar-refractivity contribution in [2.75, 3.05) is 5.32 Å². The third-order valence-electron chi connectivity index (χ3n) is 4.25. The number of para-hydroxylation sites is 1. The number of rotatable bonds is 3. The van der Waals surface area contributed by atoms with E-state index in [-0.39, 0.29) is 18.1 Å². The topological polar surface area (TPSA) is 78.5 Å². The van der Waals surface area contributed by atoms with Gasteiger partial charge in [0, 0.05) is 17.6 Å². The number of carbonyl (C=O) groups is 2. The van der Waals surface area contributed by atoms with Gasteiger partial charge in [-0.05, 0) is 31.4 Å². The van der Waals surface area contributed by atoms with Crippen molar-refractivity contribution in [3.63, 3.8) is 0 Å². The molecule has 1 aromatic carbocycles. The fraction of sp³-hybridized carbons (Fsp3) is 0.467. The largest absolute Gasteiger partial charge is 0.550 e. The molecule has 0 aromatic heterocycles. The van der Waals surface area contributed by atoms with Gasteiger partial charge < -0.3 is 20.0 Å². The zero-order valence-corrected chi connectivity index (χ0v) is 11.2. The number of carboxylic acids is 1. The molecule has 1 aromatic rings. The molecule has 1 N–H and O–H groups in total. The zero-order chi connectivity index (χ0) is 14.3. The molecule has 20 heavy (non-hydrogen) atoms. The van der Waals surface area contributed by atoms with Gasteiger partial charge in [-0.1, -0.05) is 18.2 Å².